The van der Waals surface area contributed by atoms with Gasteiger partial charge < -0.3 is 5.32 Å². The first-order valence-corrected chi connectivity index (χ1v) is 8.40. The summed E-state index contributed by atoms with van der Waals surface area (Å²) in [5, 5.41) is 9.95. The summed E-state index contributed by atoms with van der Waals surface area (Å²) in [5.41, 5.74) is 3.81. The van der Waals surface area contributed by atoms with E-state index in [1.807, 2.05) is 13.0 Å². The Morgan fingerprint density at radius 1 is 1.38 bits per heavy atom. The number of fused-ring (bicyclic) bond motifs is 1. The maximum absolute atomic E-state index is 12.4. The molecule has 0 saturated carbocycles. The summed E-state index contributed by atoms with van der Waals surface area (Å²) in [4.78, 5) is 0.311. The molecule has 1 aromatic carbocycles. The molecule has 0 unspecified atom stereocenters. The number of nitrogens with zero attached hydrogens (tertiary/aromatic N) is 1. The molecule has 0 saturated heterocycles. The summed E-state index contributed by atoms with van der Waals surface area (Å²) < 4.78 is 27.3. The molecule has 0 radical (unpaired) electrons. The molecule has 0 bridgehead atoms. The Labute approximate surface area is 124 Å². The van der Waals surface area contributed by atoms with Gasteiger partial charge in [-0.25, -0.2) is 13.1 Å². The fraction of sp³-hybridized carbons (Fsp3) is 0.357. The summed E-state index contributed by atoms with van der Waals surface area (Å²) >= 11 is 0. The van der Waals surface area contributed by atoms with Crippen LogP contribution < -0.4 is 10.0 Å². The van der Waals surface area contributed by atoms with Crippen LogP contribution in [0.15, 0.2) is 29.3 Å². The van der Waals surface area contributed by atoms with E-state index in [0.29, 0.717) is 4.90 Å². The summed E-state index contributed by atoms with van der Waals surface area (Å²) in [6, 6.07) is 5.24. The first kappa shape index (κ1) is 14.1. The molecule has 0 fully saturated rings. The zero-order valence-corrected chi connectivity index (χ0v) is 12.6. The molecule has 112 valence electrons. The molecule has 1 aliphatic rings. The second-order valence-electron chi connectivity index (χ2n) is 5.19. The zero-order valence-electron chi connectivity index (χ0n) is 11.8. The van der Waals surface area contributed by atoms with Gasteiger partial charge in [0.1, 0.15) is 0 Å². The van der Waals surface area contributed by atoms with Crippen LogP contribution in [0.4, 0.5) is 5.69 Å². The molecule has 3 N–H and O–H groups in total. The van der Waals surface area contributed by atoms with Gasteiger partial charge in [-0.15, -0.1) is 0 Å². The van der Waals surface area contributed by atoms with E-state index in [2.05, 4.69) is 20.2 Å². The molecular formula is C14H18N4O2S. The highest BCUT2D eigenvalue weighted by Crippen LogP contribution is 2.24. The van der Waals surface area contributed by atoms with Crippen molar-refractivity contribution < 1.29 is 8.42 Å². The standard InChI is InChI=1S/C14H18N4O2S/c1-10-12(8-16-18-10)9-17-21(19,20)13-4-5-14-11(7-13)3-2-6-15-14/h4-5,7-8,15,17H,2-3,6,9H2,1H3,(H,16,18). The number of anilines is 1. The molecule has 6 nitrogen and oxygen atoms in total. The van der Waals surface area contributed by atoms with Crippen LogP contribution in [0.1, 0.15) is 23.2 Å². The van der Waals surface area contributed by atoms with Crippen LogP contribution in [0.25, 0.3) is 0 Å². The van der Waals surface area contributed by atoms with Gasteiger partial charge in [0.25, 0.3) is 0 Å². The van der Waals surface area contributed by atoms with Gasteiger partial charge in [0.2, 0.25) is 10.0 Å². The number of H-pyrrole nitrogens is 1. The third-order valence-corrected chi connectivity index (χ3v) is 5.11. The average Bonchev–Trinajstić information content (AvgIpc) is 2.90. The smallest absolute Gasteiger partial charge is 0.240 e. The van der Waals surface area contributed by atoms with Crippen molar-refractivity contribution in [1.82, 2.24) is 14.9 Å². The molecule has 1 aliphatic heterocycles. The molecule has 0 atom stereocenters. The predicted octanol–water partition coefficient (Wildman–Crippen LogP) is 1.55. The first-order chi connectivity index (χ1) is 10.1. The second kappa shape index (κ2) is 5.50. The second-order valence-corrected chi connectivity index (χ2v) is 6.96. The van der Waals surface area contributed by atoms with Crippen molar-refractivity contribution in [2.45, 2.75) is 31.2 Å². The predicted molar refractivity (Wildman–Crippen MR) is 80.6 cm³/mol. The number of benzene rings is 1. The Kier molecular flexibility index (Phi) is 3.69. The lowest BCUT2D eigenvalue weighted by atomic mass is 10.0. The van der Waals surface area contributed by atoms with E-state index in [1.165, 1.54) is 0 Å². The van der Waals surface area contributed by atoms with Crippen LogP contribution >= 0.6 is 0 Å². The maximum Gasteiger partial charge on any atom is 0.240 e. The average molecular weight is 306 g/mol. The Balaban J connectivity index is 1.80. The Hall–Kier alpha value is -1.86. The van der Waals surface area contributed by atoms with Gasteiger partial charge >= 0.3 is 0 Å². The van der Waals surface area contributed by atoms with Gasteiger partial charge in [0, 0.05) is 30.0 Å². The van der Waals surface area contributed by atoms with Gasteiger partial charge in [0.15, 0.2) is 0 Å². The van der Waals surface area contributed by atoms with E-state index < -0.39 is 10.0 Å². The third kappa shape index (κ3) is 2.93. The fourth-order valence-electron chi connectivity index (χ4n) is 2.43. The van der Waals surface area contributed by atoms with Crippen molar-refractivity contribution in [3.8, 4) is 0 Å². The molecule has 0 amide bonds. The fourth-order valence-corrected chi connectivity index (χ4v) is 3.49. The lowest BCUT2D eigenvalue weighted by molar-refractivity contribution is 0.581. The Morgan fingerprint density at radius 2 is 2.24 bits per heavy atom. The summed E-state index contributed by atoms with van der Waals surface area (Å²) in [6.45, 7) is 3.04. The number of aryl methyl sites for hydroxylation is 2. The van der Waals surface area contributed by atoms with E-state index in [9.17, 15) is 8.42 Å². The van der Waals surface area contributed by atoms with E-state index in [4.69, 9.17) is 0 Å². The molecular weight excluding hydrogens is 288 g/mol. The minimum Gasteiger partial charge on any atom is -0.385 e. The van der Waals surface area contributed by atoms with Crippen molar-refractivity contribution in [1.29, 1.82) is 0 Å². The number of rotatable bonds is 4. The quantitative estimate of drug-likeness (QED) is 0.800. The topological polar surface area (TPSA) is 86.9 Å². The van der Waals surface area contributed by atoms with Gasteiger partial charge in [0.05, 0.1) is 11.1 Å². The largest absolute Gasteiger partial charge is 0.385 e. The van der Waals surface area contributed by atoms with Gasteiger partial charge in [-0.05, 0) is 43.5 Å². The third-order valence-electron chi connectivity index (χ3n) is 3.71. The van der Waals surface area contributed by atoms with Crippen LogP contribution in [-0.4, -0.2) is 25.2 Å². The van der Waals surface area contributed by atoms with Crippen molar-refractivity contribution in [2.75, 3.05) is 11.9 Å². The number of hydrogen-bond acceptors (Lipinski definition) is 4. The van der Waals surface area contributed by atoms with Crippen molar-refractivity contribution in [2.24, 2.45) is 0 Å². The first-order valence-electron chi connectivity index (χ1n) is 6.91. The minimum absolute atomic E-state index is 0.236. The zero-order chi connectivity index (χ0) is 14.9. The molecule has 2 aromatic rings. The SMILES string of the molecule is Cc1[nH]ncc1CNS(=O)(=O)c1ccc2c(c1)CCCN2. The Morgan fingerprint density at radius 3 is 3.00 bits per heavy atom. The van der Waals surface area contributed by atoms with Crippen molar-refractivity contribution in [3.05, 3.63) is 41.2 Å². The van der Waals surface area contributed by atoms with Crippen molar-refractivity contribution >= 4 is 15.7 Å². The molecule has 21 heavy (non-hydrogen) atoms. The number of aromatic amines is 1. The van der Waals surface area contributed by atoms with E-state index in [-0.39, 0.29) is 6.54 Å². The number of hydrogen-bond donors (Lipinski definition) is 3. The molecule has 1 aromatic heterocycles. The molecule has 2 heterocycles. The molecule has 7 heteroatoms. The maximum atomic E-state index is 12.4. The monoisotopic (exact) mass is 306 g/mol. The molecule has 0 aliphatic carbocycles. The highest BCUT2D eigenvalue weighted by molar-refractivity contribution is 7.89. The molecule has 3 rings (SSSR count). The van der Waals surface area contributed by atoms with E-state index in [1.54, 1.807) is 18.3 Å². The highest BCUT2D eigenvalue weighted by atomic mass is 32.2. The van der Waals surface area contributed by atoms with Crippen LogP contribution in [0.2, 0.25) is 0 Å². The normalized spacial score (nSPS) is 14.5. The van der Waals surface area contributed by atoms with Crippen LogP contribution in [0, 0.1) is 6.92 Å². The lowest BCUT2D eigenvalue weighted by Gasteiger charge is -2.18. The summed E-state index contributed by atoms with van der Waals surface area (Å²) in [7, 11) is -3.51. The van der Waals surface area contributed by atoms with Crippen LogP contribution in [0.5, 0.6) is 0 Å². The van der Waals surface area contributed by atoms with Gasteiger partial charge in [-0.2, -0.15) is 5.10 Å². The number of nitrogens with one attached hydrogen (secondary N) is 3. The van der Waals surface area contributed by atoms with E-state index in [0.717, 1.165) is 41.9 Å². The van der Waals surface area contributed by atoms with Crippen LogP contribution in [0.3, 0.4) is 0 Å². The minimum atomic E-state index is -3.51. The number of aromatic nitrogens is 2. The van der Waals surface area contributed by atoms with Gasteiger partial charge in [-0.1, -0.05) is 0 Å². The van der Waals surface area contributed by atoms with Crippen molar-refractivity contribution in [3.63, 3.8) is 0 Å². The summed E-state index contributed by atoms with van der Waals surface area (Å²) in [6.07, 6.45) is 3.57. The van der Waals surface area contributed by atoms with E-state index >= 15 is 0 Å². The summed E-state index contributed by atoms with van der Waals surface area (Å²) in [5.74, 6) is 0. The number of sulfonamides is 1. The molecule has 0 spiro atoms. The van der Waals surface area contributed by atoms with Crippen LogP contribution in [-0.2, 0) is 23.0 Å². The highest BCUT2D eigenvalue weighted by Gasteiger charge is 2.17. The van der Waals surface area contributed by atoms with Gasteiger partial charge in [-0.3, -0.25) is 5.10 Å². The Bertz CT molecular complexity index is 752. The lowest BCUT2D eigenvalue weighted by Crippen LogP contribution is -2.24.